The Morgan fingerprint density at radius 3 is 2.81 bits per heavy atom. The quantitative estimate of drug-likeness (QED) is 0.340. The maximum Gasteiger partial charge on any atom is 0.153 e. The molecule has 0 aromatic carbocycles. The highest BCUT2D eigenvalue weighted by Gasteiger charge is 2.21. The van der Waals surface area contributed by atoms with Crippen LogP contribution in [0, 0.1) is 11.3 Å². The third kappa shape index (κ3) is 4.49. The summed E-state index contributed by atoms with van der Waals surface area (Å²) >= 11 is 3.49. The standard InChI is InChI=1S/C16H18BrFN2O/c17-13-3-7-15(8-4-13)20-9-12(10-21)16(19)11-1-5-14(18)6-2-11/h3,5,7-11,13,19-20H,1-2,4,6H2/b12-9-,19-16?. The van der Waals surface area contributed by atoms with E-state index in [1.165, 1.54) is 6.08 Å². The molecule has 2 rings (SSSR count). The van der Waals surface area contributed by atoms with Gasteiger partial charge in [-0.2, -0.15) is 0 Å². The molecule has 2 atom stereocenters. The summed E-state index contributed by atoms with van der Waals surface area (Å²) in [4.78, 5) is 11.5. The Balaban J connectivity index is 1.99. The summed E-state index contributed by atoms with van der Waals surface area (Å²) in [6.45, 7) is 0. The molecule has 0 bridgehead atoms. The largest absolute Gasteiger partial charge is 0.361 e. The Morgan fingerprint density at radius 1 is 1.43 bits per heavy atom. The summed E-state index contributed by atoms with van der Waals surface area (Å²) in [6.07, 6.45) is 12.1. The van der Waals surface area contributed by atoms with Crippen LogP contribution in [0.4, 0.5) is 4.39 Å². The summed E-state index contributed by atoms with van der Waals surface area (Å²) in [5.41, 5.74) is 1.51. The molecule has 21 heavy (non-hydrogen) atoms. The van der Waals surface area contributed by atoms with Crippen molar-refractivity contribution in [3.63, 3.8) is 0 Å². The van der Waals surface area contributed by atoms with Crippen molar-refractivity contribution in [3.8, 4) is 0 Å². The lowest BCUT2D eigenvalue weighted by Crippen LogP contribution is -2.20. The van der Waals surface area contributed by atoms with Gasteiger partial charge in [0.2, 0.25) is 0 Å². The maximum atomic E-state index is 13.0. The topological polar surface area (TPSA) is 53.0 Å². The van der Waals surface area contributed by atoms with Gasteiger partial charge in [-0.05, 0) is 31.8 Å². The van der Waals surface area contributed by atoms with Gasteiger partial charge in [-0.15, -0.1) is 0 Å². The zero-order chi connectivity index (χ0) is 15.2. The number of nitrogens with one attached hydrogen (secondary N) is 2. The summed E-state index contributed by atoms with van der Waals surface area (Å²) in [6, 6.07) is 0. The Labute approximate surface area is 132 Å². The second-order valence-corrected chi connectivity index (χ2v) is 6.34. The van der Waals surface area contributed by atoms with Gasteiger partial charge < -0.3 is 10.7 Å². The number of hydrogen-bond acceptors (Lipinski definition) is 3. The van der Waals surface area contributed by atoms with E-state index < -0.39 is 0 Å². The first kappa shape index (κ1) is 15.9. The van der Waals surface area contributed by atoms with Crippen molar-refractivity contribution >= 4 is 27.9 Å². The molecule has 0 radical (unpaired) electrons. The van der Waals surface area contributed by atoms with E-state index in [0.717, 1.165) is 12.1 Å². The molecule has 112 valence electrons. The third-order valence-electron chi connectivity index (χ3n) is 3.64. The van der Waals surface area contributed by atoms with E-state index in [0.29, 0.717) is 35.9 Å². The molecule has 0 amide bonds. The van der Waals surface area contributed by atoms with Crippen LogP contribution in [0.15, 0.2) is 47.6 Å². The van der Waals surface area contributed by atoms with Crippen LogP contribution in [-0.4, -0.2) is 16.8 Å². The van der Waals surface area contributed by atoms with Crippen LogP contribution in [0.1, 0.15) is 25.7 Å². The van der Waals surface area contributed by atoms with Crippen LogP contribution in [-0.2, 0) is 4.79 Å². The van der Waals surface area contributed by atoms with Crippen LogP contribution in [0.5, 0.6) is 0 Å². The highest BCUT2D eigenvalue weighted by Crippen LogP contribution is 2.26. The van der Waals surface area contributed by atoms with E-state index in [4.69, 9.17) is 5.41 Å². The first-order chi connectivity index (χ1) is 10.1. The van der Waals surface area contributed by atoms with Gasteiger partial charge in [0.1, 0.15) is 0 Å². The minimum absolute atomic E-state index is 0.0782. The van der Waals surface area contributed by atoms with Gasteiger partial charge in [-0.25, -0.2) is 4.39 Å². The molecular weight excluding hydrogens is 335 g/mol. The molecular formula is C16H18BrFN2O. The molecule has 3 nitrogen and oxygen atoms in total. The van der Waals surface area contributed by atoms with Gasteiger partial charge in [-0.3, -0.25) is 4.79 Å². The average Bonchev–Trinajstić information content (AvgIpc) is 2.50. The lowest BCUT2D eigenvalue weighted by Gasteiger charge is -2.20. The number of rotatable bonds is 5. The SMILES string of the molecule is N=C(/C(C=O)=C\NC1=CCC(Br)C=C1)C1CC=C(F)CC1. The minimum Gasteiger partial charge on any atom is -0.361 e. The zero-order valence-corrected chi connectivity index (χ0v) is 13.2. The van der Waals surface area contributed by atoms with Crippen molar-refractivity contribution in [1.29, 1.82) is 5.41 Å². The Kier molecular flexibility index (Phi) is 5.67. The van der Waals surface area contributed by atoms with Gasteiger partial charge in [0, 0.05) is 28.4 Å². The second kappa shape index (κ2) is 7.50. The molecule has 0 aromatic rings. The molecule has 0 aliphatic heterocycles. The van der Waals surface area contributed by atoms with E-state index in [1.807, 2.05) is 18.2 Å². The third-order valence-corrected chi connectivity index (χ3v) is 4.32. The van der Waals surface area contributed by atoms with Crippen molar-refractivity contribution in [2.75, 3.05) is 0 Å². The number of aldehydes is 1. The summed E-state index contributed by atoms with van der Waals surface area (Å²) in [7, 11) is 0. The van der Waals surface area contributed by atoms with Gasteiger partial charge in [-0.1, -0.05) is 34.2 Å². The fraction of sp³-hybridized carbons (Fsp3) is 0.375. The fourth-order valence-corrected chi connectivity index (χ4v) is 2.68. The Bertz CT molecular complexity index is 548. The lowest BCUT2D eigenvalue weighted by atomic mass is 9.86. The van der Waals surface area contributed by atoms with E-state index in [2.05, 4.69) is 21.2 Å². The molecule has 2 unspecified atom stereocenters. The predicted octanol–water partition coefficient (Wildman–Crippen LogP) is 3.94. The molecule has 2 aliphatic carbocycles. The van der Waals surface area contributed by atoms with E-state index in [-0.39, 0.29) is 17.5 Å². The summed E-state index contributed by atoms with van der Waals surface area (Å²) in [5.74, 6) is -0.193. The fourth-order valence-electron chi connectivity index (χ4n) is 2.34. The predicted molar refractivity (Wildman–Crippen MR) is 86.1 cm³/mol. The van der Waals surface area contributed by atoms with E-state index in [1.54, 1.807) is 6.20 Å². The highest BCUT2D eigenvalue weighted by atomic mass is 79.9. The molecule has 0 saturated heterocycles. The van der Waals surface area contributed by atoms with Crippen molar-refractivity contribution in [3.05, 3.63) is 47.6 Å². The number of hydrogen-bond donors (Lipinski definition) is 2. The minimum atomic E-state index is -0.115. The van der Waals surface area contributed by atoms with E-state index in [9.17, 15) is 9.18 Å². The number of carbonyl (C=O) groups is 1. The normalized spacial score (nSPS) is 25.9. The maximum absolute atomic E-state index is 13.0. The smallest absolute Gasteiger partial charge is 0.153 e. The molecule has 0 heterocycles. The van der Waals surface area contributed by atoms with Crippen LogP contribution >= 0.6 is 15.9 Å². The Hall–Kier alpha value is -1.49. The molecule has 2 aliphatic rings. The van der Waals surface area contributed by atoms with Gasteiger partial charge in [0.15, 0.2) is 6.29 Å². The Morgan fingerprint density at radius 2 is 2.24 bits per heavy atom. The highest BCUT2D eigenvalue weighted by molar-refractivity contribution is 9.09. The monoisotopic (exact) mass is 352 g/mol. The first-order valence-electron chi connectivity index (χ1n) is 6.98. The first-order valence-corrected chi connectivity index (χ1v) is 7.89. The van der Waals surface area contributed by atoms with Gasteiger partial charge >= 0.3 is 0 Å². The van der Waals surface area contributed by atoms with Crippen molar-refractivity contribution in [2.45, 2.75) is 30.5 Å². The number of alkyl halides is 1. The molecule has 5 heteroatoms. The van der Waals surface area contributed by atoms with Crippen molar-refractivity contribution in [2.24, 2.45) is 5.92 Å². The number of carbonyl (C=O) groups excluding carboxylic acids is 1. The van der Waals surface area contributed by atoms with Gasteiger partial charge in [0.25, 0.3) is 0 Å². The van der Waals surface area contributed by atoms with E-state index >= 15 is 0 Å². The van der Waals surface area contributed by atoms with Crippen molar-refractivity contribution < 1.29 is 9.18 Å². The lowest BCUT2D eigenvalue weighted by molar-refractivity contribution is -0.104. The van der Waals surface area contributed by atoms with Crippen LogP contribution in [0.2, 0.25) is 0 Å². The van der Waals surface area contributed by atoms with Crippen LogP contribution in [0.25, 0.3) is 0 Å². The molecule has 0 spiro atoms. The molecule has 0 saturated carbocycles. The zero-order valence-electron chi connectivity index (χ0n) is 11.6. The van der Waals surface area contributed by atoms with Gasteiger partial charge in [0.05, 0.1) is 11.4 Å². The number of allylic oxidation sites excluding steroid dienone is 6. The number of halogens is 2. The van der Waals surface area contributed by atoms with Crippen LogP contribution < -0.4 is 5.32 Å². The summed E-state index contributed by atoms with van der Waals surface area (Å²) in [5, 5.41) is 11.2. The molecule has 2 N–H and O–H groups in total. The van der Waals surface area contributed by atoms with Crippen molar-refractivity contribution in [1.82, 2.24) is 5.32 Å². The average molecular weight is 353 g/mol. The summed E-state index contributed by atoms with van der Waals surface area (Å²) < 4.78 is 13.0. The second-order valence-electron chi connectivity index (χ2n) is 5.17. The molecule has 0 fully saturated rings. The molecule has 0 aromatic heterocycles. The van der Waals surface area contributed by atoms with Crippen LogP contribution in [0.3, 0.4) is 0 Å².